The molecule has 0 saturated heterocycles. The summed E-state index contributed by atoms with van der Waals surface area (Å²) in [6.07, 6.45) is 0.796. The molecule has 6 unspecified atom stereocenters. The van der Waals surface area contributed by atoms with Crippen molar-refractivity contribution in [2.24, 2.45) is 16.2 Å². The molecule has 0 fully saturated rings. The zero-order chi connectivity index (χ0) is 42.0. The molecule has 0 amide bonds. The number of benzene rings is 6. The van der Waals surface area contributed by atoms with Crippen LogP contribution >= 0.6 is 0 Å². The summed E-state index contributed by atoms with van der Waals surface area (Å²) >= 11 is 0. The van der Waals surface area contributed by atoms with Gasteiger partial charge in [0, 0.05) is 0 Å². The standard InChI is InChI=1S/C55H68O3/c1-36(56-38(3)53(5,6)7)46-30-26-42-23-22-40(32-48(42)34-46)33-51(55(11,12)13)58-52(44-18-15-14-16-19-44)45-28-24-41(25-29-45)47-31-27-43-20-17-21-49(50(43)35-47)37(2)57-39(4)54(8,9)10/h14-32,34-39,51-52H,33H2,1-13H3. The first kappa shape index (κ1) is 43.3. The highest BCUT2D eigenvalue weighted by molar-refractivity contribution is 5.90. The third-order valence-corrected chi connectivity index (χ3v) is 12.3. The Morgan fingerprint density at radius 1 is 0.431 bits per heavy atom. The molecule has 0 aliphatic heterocycles. The Labute approximate surface area is 350 Å². The fraction of sp³-hybridized carbons (Fsp3) is 0.418. The Bertz CT molecular complexity index is 2270. The second-order valence-corrected chi connectivity index (χ2v) is 19.9. The van der Waals surface area contributed by atoms with E-state index < -0.39 is 0 Å². The Morgan fingerprint density at radius 2 is 1.00 bits per heavy atom. The minimum absolute atomic E-state index is 0.00951. The molecule has 0 aliphatic carbocycles. The molecule has 0 N–H and O–H groups in total. The van der Waals surface area contributed by atoms with Crippen molar-refractivity contribution in [3.05, 3.63) is 155 Å². The van der Waals surface area contributed by atoms with Crippen LogP contribution in [0.5, 0.6) is 0 Å². The molecule has 0 bridgehead atoms. The summed E-state index contributed by atoms with van der Waals surface area (Å²) in [6, 6.07) is 46.6. The highest BCUT2D eigenvalue weighted by atomic mass is 16.5. The zero-order valence-corrected chi connectivity index (χ0v) is 37.5. The van der Waals surface area contributed by atoms with E-state index in [1.54, 1.807) is 0 Å². The minimum atomic E-state index is -0.222. The molecule has 0 aliphatic rings. The molecular formula is C55H68O3. The van der Waals surface area contributed by atoms with Crippen LogP contribution in [-0.4, -0.2) is 18.3 Å². The Morgan fingerprint density at radius 3 is 1.64 bits per heavy atom. The Hall–Kier alpha value is -4.28. The summed E-state index contributed by atoms with van der Waals surface area (Å²) in [6.45, 7) is 29.0. The van der Waals surface area contributed by atoms with E-state index >= 15 is 0 Å². The number of rotatable bonds is 13. The monoisotopic (exact) mass is 777 g/mol. The maximum absolute atomic E-state index is 7.31. The summed E-state index contributed by atoms with van der Waals surface area (Å²) < 4.78 is 20.3. The van der Waals surface area contributed by atoms with Gasteiger partial charge in [-0.1, -0.05) is 178 Å². The first-order valence-electron chi connectivity index (χ1n) is 21.4. The van der Waals surface area contributed by atoms with E-state index in [2.05, 4.69) is 217 Å². The molecule has 0 saturated carbocycles. The van der Waals surface area contributed by atoms with Crippen molar-refractivity contribution in [3.8, 4) is 11.1 Å². The average Bonchev–Trinajstić information content (AvgIpc) is 3.18. The third kappa shape index (κ3) is 10.5. The van der Waals surface area contributed by atoms with Gasteiger partial charge in [0.2, 0.25) is 0 Å². The van der Waals surface area contributed by atoms with Crippen LogP contribution in [0.25, 0.3) is 32.7 Å². The molecular weight excluding hydrogens is 709 g/mol. The van der Waals surface area contributed by atoms with Crippen molar-refractivity contribution in [1.29, 1.82) is 0 Å². The maximum atomic E-state index is 7.31. The first-order valence-corrected chi connectivity index (χ1v) is 21.4. The van der Waals surface area contributed by atoms with Crippen molar-refractivity contribution in [2.75, 3.05) is 0 Å². The highest BCUT2D eigenvalue weighted by Crippen LogP contribution is 2.38. The lowest BCUT2D eigenvalue weighted by atomic mass is 9.84. The first-order chi connectivity index (χ1) is 27.3. The van der Waals surface area contributed by atoms with Crippen molar-refractivity contribution in [3.63, 3.8) is 0 Å². The lowest BCUT2D eigenvalue weighted by molar-refractivity contribution is -0.0513. The smallest absolute Gasteiger partial charge is 0.108 e. The summed E-state index contributed by atoms with van der Waals surface area (Å²) in [7, 11) is 0. The van der Waals surface area contributed by atoms with Gasteiger partial charge in [-0.05, 0) is 123 Å². The van der Waals surface area contributed by atoms with Gasteiger partial charge in [0.1, 0.15) is 6.10 Å². The molecule has 0 aromatic heterocycles. The van der Waals surface area contributed by atoms with Gasteiger partial charge >= 0.3 is 0 Å². The van der Waals surface area contributed by atoms with Crippen LogP contribution in [0.3, 0.4) is 0 Å². The molecule has 306 valence electrons. The average molecular weight is 777 g/mol. The summed E-state index contributed by atoms with van der Waals surface area (Å²) in [5, 5.41) is 4.93. The Kier molecular flexibility index (Phi) is 13.1. The lowest BCUT2D eigenvalue weighted by Crippen LogP contribution is -2.33. The molecule has 6 rings (SSSR count). The predicted octanol–water partition coefficient (Wildman–Crippen LogP) is 15.4. The van der Waals surface area contributed by atoms with E-state index in [1.165, 1.54) is 49.4 Å². The van der Waals surface area contributed by atoms with Crippen LogP contribution in [-0.2, 0) is 20.6 Å². The van der Waals surface area contributed by atoms with Crippen LogP contribution in [0.1, 0.15) is 136 Å². The van der Waals surface area contributed by atoms with Gasteiger partial charge < -0.3 is 14.2 Å². The van der Waals surface area contributed by atoms with E-state index in [0.29, 0.717) is 0 Å². The summed E-state index contributed by atoms with van der Waals surface area (Å²) in [4.78, 5) is 0. The van der Waals surface area contributed by atoms with Gasteiger partial charge in [0.15, 0.2) is 0 Å². The molecule has 6 atom stereocenters. The quantitative estimate of drug-likeness (QED) is 0.117. The fourth-order valence-electron chi connectivity index (χ4n) is 7.46. The normalized spacial score (nSPS) is 15.9. The SMILES string of the molecule is CC(OC(C)C(C)(C)C)c1ccc2ccc(CC(OC(c3ccccc3)c3ccc(-c4ccc5cccc(C(C)OC(C)C(C)(C)C)c5c4)cc3)C(C)(C)C)cc2c1. The van der Waals surface area contributed by atoms with Crippen LogP contribution < -0.4 is 0 Å². The second-order valence-electron chi connectivity index (χ2n) is 19.9. The topological polar surface area (TPSA) is 27.7 Å². The molecule has 0 radical (unpaired) electrons. The zero-order valence-electron chi connectivity index (χ0n) is 37.5. The van der Waals surface area contributed by atoms with Gasteiger partial charge in [0.05, 0.1) is 30.5 Å². The van der Waals surface area contributed by atoms with E-state index in [4.69, 9.17) is 14.2 Å². The van der Waals surface area contributed by atoms with Gasteiger partial charge in [-0.2, -0.15) is 0 Å². The van der Waals surface area contributed by atoms with Gasteiger partial charge in [-0.15, -0.1) is 0 Å². The van der Waals surface area contributed by atoms with E-state index in [0.717, 1.165) is 17.5 Å². The molecule has 0 heterocycles. The minimum Gasteiger partial charge on any atom is -0.370 e. The largest absolute Gasteiger partial charge is 0.370 e. The third-order valence-electron chi connectivity index (χ3n) is 12.3. The summed E-state index contributed by atoms with van der Waals surface area (Å²) in [5.41, 5.74) is 8.41. The lowest BCUT2D eigenvalue weighted by Gasteiger charge is -2.35. The second kappa shape index (κ2) is 17.5. The maximum Gasteiger partial charge on any atom is 0.108 e. The van der Waals surface area contributed by atoms with Crippen LogP contribution in [0.15, 0.2) is 127 Å². The van der Waals surface area contributed by atoms with E-state index in [9.17, 15) is 0 Å². The Balaban J connectivity index is 1.27. The molecule has 6 aromatic carbocycles. The van der Waals surface area contributed by atoms with Crippen molar-refractivity contribution < 1.29 is 14.2 Å². The molecule has 3 nitrogen and oxygen atoms in total. The van der Waals surface area contributed by atoms with Crippen molar-refractivity contribution in [2.45, 2.75) is 133 Å². The van der Waals surface area contributed by atoms with Crippen LogP contribution in [0, 0.1) is 16.2 Å². The summed E-state index contributed by atoms with van der Waals surface area (Å²) in [5.74, 6) is 0. The van der Waals surface area contributed by atoms with Gasteiger partial charge in [-0.3, -0.25) is 0 Å². The predicted molar refractivity (Wildman–Crippen MR) is 246 cm³/mol. The number of fused-ring (bicyclic) bond motifs is 2. The number of ether oxygens (including phenoxy) is 3. The van der Waals surface area contributed by atoms with Crippen LogP contribution in [0.2, 0.25) is 0 Å². The number of hydrogen-bond donors (Lipinski definition) is 0. The van der Waals surface area contributed by atoms with Crippen LogP contribution in [0.4, 0.5) is 0 Å². The van der Waals surface area contributed by atoms with Crippen molar-refractivity contribution >= 4 is 21.5 Å². The van der Waals surface area contributed by atoms with E-state index in [-0.39, 0.29) is 52.9 Å². The molecule has 6 aromatic rings. The van der Waals surface area contributed by atoms with Crippen molar-refractivity contribution in [1.82, 2.24) is 0 Å². The molecule has 0 spiro atoms. The van der Waals surface area contributed by atoms with Gasteiger partial charge in [0.25, 0.3) is 0 Å². The van der Waals surface area contributed by atoms with Gasteiger partial charge in [-0.25, -0.2) is 0 Å². The molecule has 3 heteroatoms. The van der Waals surface area contributed by atoms with E-state index in [1.807, 2.05) is 0 Å². The fourth-order valence-corrected chi connectivity index (χ4v) is 7.46. The molecule has 58 heavy (non-hydrogen) atoms. The highest BCUT2D eigenvalue weighted by Gasteiger charge is 2.31. The number of hydrogen-bond acceptors (Lipinski definition) is 3.